The van der Waals surface area contributed by atoms with Crippen LogP contribution < -0.4 is 14.4 Å². The zero-order chi connectivity index (χ0) is 22.3. The SMILES string of the molecule is CC(=O)Nc1cccc(OP(=O)(O)Oc2ccc(CCC(=O)c3ccccc3)cc2)c1. The third-order valence-corrected chi connectivity index (χ3v) is 5.14. The average Bonchev–Trinajstić information content (AvgIpc) is 2.73. The van der Waals surface area contributed by atoms with Crippen LogP contribution in [0.5, 0.6) is 11.5 Å². The van der Waals surface area contributed by atoms with E-state index in [0.29, 0.717) is 24.1 Å². The molecule has 3 aromatic rings. The van der Waals surface area contributed by atoms with E-state index in [9.17, 15) is 19.0 Å². The Bertz CT molecular complexity index is 1100. The summed E-state index contributed by atoms with van der Waals surface area (Å²) in [7, 11) is -4.44. The zero-order valence-electron chi connectivity index (χ0n) is 16.9. The summed E-state index contributed by atoms with van der Waals surface area (Å²) in [4.78, 5) is 33.4. The lowest BCUT2D eigenvalue weighted by molar-refractivity contribution is -0.114. The molecule has 1 amide bonds. The van der Waals surface area contributed by atoms with Crippen LogP contribution in [0, 0.1) is 0 Å². The number of Topliss-reactive ketones (excluding diaryl/α,β-unsaturated/α-hetero) is 1. The molecular weight excluding hydrogens is 417 g/mol. The van der Waals surface area contributed by atoms with Gasteiger partial charge in [0.2, 0.25) is 5.91 Å². The highest BCUT2D eigenvalue weighted by Crippen LogP contribution is 2.44. The fraction of sp³-hybridized carbons (Fsp3) is 0.130. The minimum absolute atomic E-state index is 0.0516. The van der Waals surface area contributed by atoms with Crippen molar-refractivity contribution in [3.05, 3.63) is 90.0 Å². The van der Waals surface area contributed by atoms with Gasteiger partial charge in [0, 0.05) is 30.7 Å². The van der Waals surface area contributed by atoms with Gasteiger partial charge in [0.05, 0.1) is 0 Å². The summed E-state index contributed by atoms with van der Waals surface area (Å²) in [6, 6.07) is 21.7. The van der Waals surface area contributed by atoms with Gasteiger partial charge in [0.25, 0.3) is 0 Å². The maximum absolute atomic E-state index is 12.3. The number of hydrogen-bond acceptors (Lipinski definition) is 5. The van der Waals surface area contributed by atoms with Gasteiger partial charge in [-0.25, -0.2) is 4.57 Å². The van der Waals surface area contributed by atoms with Gasteiger partial charge in [-0.2, -0.15) is 0 Å². The van der Waals surface area contributed by atoms with Crippen LogP contribution in [-0.2, 0) is 15.8 Å². The van der Waals surface area contributed by atoms with Gasteiger partial charge < -0.3 is 14.4 Å². The van der Waals surface area contributed by atoms with Gasteiger partial charge in [0.15, 0.2) is 5.78 Å². The van der Waals surface area contributed by atoms with Gasteiger partial charge in [-0.05, 0) is 36.2 Å². The lowest BCUT2D eigenvalue weighted by atomic mass is 10.0. The summed E-state index contributed by atoms with van der Waals surface area (Å²) >= 11 is 0. The van der Waals surface area contributed by atoms with Crippen LogP contribution in [0.4, 0.5) is 5.69 Å². The van der Waals surface area contributed by atoms with Gasteiger partial charge in [-0.1, -0.05) is 48.5 Å². The summed E-state index contributed by atoms with van der Waals surface area (Å²) in [5.74, 6) is 0.0110. The van der Waals surface area contributed by atoms with Crippen molar-refractivity contribution in [3.8, 4) is 11.5 Å². The van der Waals surface area contributed by atoms with Gasteiger partial charge in [-0.15, -0.1) is 0 Å². The second-order valence-electron chi connectivity index (χ2n) is 6.79. The zero-order valence-corrected chi connectivity index (χ0v) is 17.7. The first-order chi connectivity index (χ1) is 14.8. The lowest BCUT2D eigenvalue weighted by Crippen LogP contribution is -2.06. The topological polar surface area (TPSA) is 102 Å². The Kier molecular flexibility index (Phi) is 7.23. The maximum Gasteiger partial charge on any atom is 0.584 e. The number of carbonyl (C=O) groups excluding carboxylic acids is 2. The van der Waals surface area contributed by atoms with Crippen molar-refractivity contribution >= 4 is 25.2 Å². The maximum atomic E-state index is 12.3. The van der Waals surface area contributed by atoms with Crippen LogP contribution in [0.1, 0.15) is 29.3 Å². The van der Waals surface area contributed by atoms with Crippen molar-refractivity contribution in [1.82, 2.24) is 0 Å². The van der Waals surface area contributed by atoms with Gasteiger partial charge in [-0.3, -0.25) is 14.5 Å². The molecule has 160 valence electrons. The number of rotatable bonds is 9. The Morgan fingerprint density at radius 1 is 0.903 bits per heavy atom. The molecule has 3 aromatic carbocycles. The number of hydrogen-bond donors (Lipinski definition) is 2. The van der Waals surface area contributed by atoms with Crippen molar-refractivity contribution in [2.75, 3.05) is 5.32 Å². The summed E-state index contributed by atoms with van der Waals surface area (Å²) in [5.41, 5.74) is 2.00. The number of phosphoric acid groups is 1. The molecule has 0 heterocycles. The van der Waals surface area contributed by atoms with Crippen molar-refractivity contribution in [3.63, 3.8) is 0 Å². The molecule has 0 aliphatic carbocycles. The molecule has 0 spiro atoms. The predicted octanol–water partition coefficient (Wildman–Crippen LogP) is 5.02. The highest BCUT2D eigenvalue weighted by Gasteiger charge is 2.25. The molecule has 0 saturated carbocycles. The second kappa shape index (κ2) is 10.1. The third kappa shape index (κ3) is 7.10. The quantitative estimate of drug-likeness (QED) is 0.359. The lowest BCUT2D eigenvalue weighted by Gasteiger charge is -2.14. The average molecular weight is 439 g/mol. The minimum Gasteiger partial charge on any atom is -0.395 e. The van der Waals surface area contributed by atoms with Gasteiger partial charge >= 0.3 is 7.82 Å². The molecule has 7 nitrogen and oxygen atoms in total. The smallest absolute Gasteiger partial charge is 0.395 e. The molecule has 0 aromatic heterocycles. The normalized spacial score (nSPS) is 12.5. The molecule has 0 aliphatic heterocycles. The molecular formula is C23H22NO6P. The highest BCUT2D eigenvalue weighted by molar-refractivity contribution is 7.48. The summed E-state index contributed by atoms with van der Waals surface area (Å²) in [6.07, 6.45) is 0.897. The predicted molar refractivity (Wildman–Crippen MR) is 117 cm³/mol. The molecule has 0 aliphatic rings. The molecule has 31 heavy (non-hydrogen) atoms. The van der Waals surface area contributed by atoms with Crippen LogP contribution in [0.25, 0.3) is 0 Å². The summed E-state index contributed by atoms with van der Waals surface area (Å²) in [6.45, 7) is 1.36. The van der Waals surface area contributed by atoms with Crippen LogP contribution >= 0.6 is 7.82 Å². The molecule has 1 atom stereocenters. The van der Waals surface area contributed by atoms with E-state index in [1.807, 2.05) is 18.2 Å². The molecule has 1 unspecified atom stereocenters. The highest BCUT2D eigenvalue weighted by atomic mass is 31.2. The van der Waals surface area contributed by atoms with E-state index >= 15 is 0 Å². The number of anilines is 1. The Balaban J connectivity index is 1.56. The van der Waals surface area contributed by atoms with Crippen LogP contribution in [0.3, 0.4) is 0 Å². The minimum atomic E-state index is -4.44. The molecule has 8 heteroatoms. The first-order valence-corrected chi connectivity index (χ1v) is 11.1. The van der Waals surface area contributed by atoms with Crippen LogP contribution in [-0.4, -0.2) is 16.6 Å². The molecule has 0 saturated heterocycles. The standard InChI is InChI=1S/C23H22NO6P/c1-17(25)24-20-8-5-9-22(16-20)30-31(27,28)29-21-13-10-18(11-14-21)12-15-23(26)19-6-3-2-4-7-19/h2-11,13-14,16H,12,15H2,1H3,(H,24,25)(H,27,28). The van der Waals surface area contributed by atoms with E-state index < -0.39 is 7.82 Å². The number of benzene rings is 3. The molecule has 0 bridgehead atoms. The van der Waals surface area contributed by atoms with E-state index in [-0.39, 0.29) is 23.2 Å². The van der Waals surface area contributed by atoms with Crippen molar-refractivity contribution < 1.29 is 28.1 Å². The number of amides is 1. The van der Waals surface area contributed by atoms with E-state index in [4.69, 9.17) is 9.05 Å². The van der Waals surface area contributed by atoms with E-state index in [0.717, 1.165) is 5.56 Å². The molecule has 0 fully saturated rings. The monoisotopic (exact) mass is 439 g/mol. The Hall–Kier alpha value is -3.41. The van der Waals surface area contributed by atoms with E-state index in [2.05, 4.69) is 5.32 Å². The Morgan fingerprint density at radius 2 is 1.58 bits per heavy atom. The van der Waals surface area contributed by atoms with Crippen molar-refractivity contribution in [2.24, 2.45) is 0 Å². The largest absolute Gasteiger partial charge is 0.584 e. The second-order valence-corrected chi connectivity index (χ2v) is 8.10. The third-order valence-electron chi connectivity index (χ3n) is 4.26. The van der Waals surface area contributed by atoms with Crippen molar-refractivity contribution in [2.45, 2.75) is 19.8 Å². The number of nitrogens with one attached hydrogen (secondary N) is 1. The fourth-order valence-electron chi connectivity index (χ4n) is 2.86. The van der Waals surface area contributed by atoms with Crippen LogP contribution in [0.2, 0.25) is 0 Å². The molecule has 3 rings (SSSR count). The number of phosphoric ester groups is 1. The first-order valence-electron chi connectivity index (χ1n) is 9.57. The number of carbonyl (C=O) groups is 2. The van der Waals surface area contributed by atoms with Crippen LogP contribution in [0.15, 0.2) is 78.9 Å². The first kappa shape index (κ1) is 22.3. The number of aryl methyl sites for hydroxylation is 1. The Labute approximate surface area is 180 Å². The van der Waals surface area contributed by atoms with E-state index in [1.165, 1.54) is 19.1 Å². The fourth-order valence-corrected chi connectivity index (χ4v) is 3.67. The molecule has 2 N–H and O–H groups in total. The number of ketones is 1. The van der Waals surface area contributed by atoms with Crippen molar-refractivity contribution in [1.29, 1.82) is 0 Å². The van der Waals surface area contributed by atoms with Gasteiger partial charge in [0.1, 0.15) is 11.5 Å². The molecule has 0 radical (unpaired) electrons. The summed E-state index contributed by atoms with van der Waals surface area (Å²) < 4.78 is 22.5. The summed E-state index contributed by atoms with van der Waals surface area (Å²) in [5, 5.41) is 2.56. The Morgan fingerprint density at radius 3 is 2.26 bits per heavy atom. The van der Waals surface area contributed by atoms with E-state index in [1.54, 1.807) is 48.5 Å².